The Balaban J connectivity index is 2.15. The number of rotatable bonds is 6. The molecule has 0 spiro atoms. The molecule has 1 aliphatic rings. The van der Waals surface area contributed by atoms with E-state index in [1.54, 1.807) is 16.9 Å². The minimum Gasteiger partial charge on any atom is -0.381 e. The van der Waals surface area contributed by atoms with E-state index in [9.17, 15) is 4.79 Å². The third-order valence-corrected chi connectivity index (χ3v) is 4.90. The first-order valence-electron chi connectivity index (χ1n) is 7.57. The molecule has 0 amide bonds. The van der Waals surface area contributed by atoms with Gasteiger partial charge in [0.25, 0.3) is 5.56 Å². The van der Waals surface area contributed by atoms with Crippen LogP contribution in [0.15, 0.2) is 17.1 Å². The highest BCUT2D eigenvalue weighted by Gasteiger charge is 2.32. The second-order valence-corrected chi connectivity index (χ2v) is 6.22. The minimum atomic E-state index is -0.0388. The molecule has 2 heterocycles. The van der Waals surface area contributed by atoms with E-state index in [-0.39, 0.29) is 11.0 Å². The van der Waals surface area contributed by atoms with Crippen molar-refractivity contribution in [2.75, 3.05) is 37.5 Å². The van der Waals surface area contributed by atoms with Gasteiger partial charge in [0.05, 0.1) is 18.4 Å². The lowest BCUT2D eigenvalue weighted by Crippen LogP contribution is -2.39. The third kappa shape index (κ3) is 4.01. The number of thiol groups is 1. The molecule has 1 aromatic rings. The van der Waals surface area contributed by atoms with Crippen LogP contribution in [0, 0.1) is 5.41 Å². The molecule has 1 aliphatic heterocycles. The fourth-order valence-corrected chi connectivity index (χ4v) is 3.12. The predicted molar refractivity (Wildman–Crippen MR) is 88.4 cm³/mol. The van der Waals surface area contributed by atoms with Crippen molar-refractivity contribution in [1.82, 2.24) is 9.78 Å². The molecular formula is C15H25N3O2S. The molecule has 1 aromatic heterocycles. The van der Waals surface area contributed by atoms with E-state index < -0.39 is 0 Å². The van der Waals surface area contributed by atoms with Crippen molar-refractivity contribution in [3.63, 3.8) is 0 Å². The average Bonchev–Trinajstić information content (AvgIpc) is 2.50. The van der Waals surface area contributed by atoms with Gasteiger partial charge in [0.1, 0.15) is 0 Å². The molecule has 0 N–H and O–H groups in total. The SMILES string of the molecule is CCCN(C)c1cnn(CC2(CS)CCOCC2)c(=O)c1. The second-order valence-electron chi connectivity index (χ2n) is 5.90. The van der Waals surface area contributed by atoms with Gasteiger partial charge in [0.2, 0.25) is 0 Å². The zero-order valence-electron chi connectivity index (χ0n) is 12.9. The molecule has 0 aliphatic carbocycles. The Bertz CT molecular complexity index is 512. The molecule has 0 atom stereocenters. The van der Waals surface area contributed by atoms with Crippen molar-refractivity contribution in [1.29, 1.82) is 0 Å². The van der Waals surface area contributed by atoms with Gasteiger partial charge in [-0.2, -0.15) is 17.7 Å². The lowest BCUT2D eigenvalue weighted by molar-refractivity contribution is 0.0158. The number of hydrogen-bond acceptors (Lipinski definition) is 5. The van der Waals surface area contributed by atoms with Crippen molar-refractivity contribution in [3.05, 3.63) is 22.6 Å². The highest BCUT2D eigenvalue weighted by Crippen LogP contribution is 2.33. The topological polar surface area (TPSA) is 47.4 Å². The van der Waals surface area contributed by atoms with Crippen molar-refractivity contribution in [2.24, 2.45) is 5.41 Å². The van der Waals surface area contributed by atoms with Gasteiger partial charge in [0, 0.05) is 38.3 Å². The Hall–Kier alpha value is -1.01. The van der Waals surface area contributed by atoms with Crippen LogP contribution in [0.1, 0.15) is 26.2 Å². The van der Waals surface area contributed by atoms with E-state index in [2.05, 4.69) is 29.6 Å². The van der Waals surface area contributed by atoms with Crippen LogP contribution in [-0.2, 0) is 11.3 Å². The first-order valence-corrected chi connectivity index (χ1v) is 8.20. The van der Waals surface area contributed by atoms with Crippen LogP contribution in [0.3, 0.4) is 0 Å². The largest absolute Gasteiger partial charge is 0.381 e. The maximum atomic E-state index is 12.3. The maximum Gasteiger partial charge on any atom is 0.268 e. The summed E-state index contributed by atoms with van der Waals surface area (Å²) in [5, 5.41) is 4.36. The summed E-state index contributed by atoms with van der Waals surface area (Å²) in [5.74, 6) is 0.752. The van der Waals surface area contributed by atoms with E-state index in [0.717, 1.165) is 50.5 Å². The number of nitrogens with zero attached hydrogens (tertiary/aromatic N) is 3. The molecule has 0 unspecified atom stereocenters. The number of aromatic nitrogens is 2. The summed E-state index contributed by atoms with van der Waals surface area (Å²) in [4.78, 5) is 14.4. The molecule has 0 saturated carbocycles. The normalized spacial score (nSPS) is 17.7. The molecule has 0 radical (unpaired) electrons. The Morgan fingerprint density at radius 2 is 2.19 bits per heavy atom. The van der Waals surface area contributed by atoms with Gasteiger partial charge in [-0.15, -0.1) is 0 Å². The highest BCUT2D eigenvalue weighted by atomic mass is 32.1. The summed E-state index contributed by atoms with van der Waals surface area (Å²) in [5.41, 5.74) is 0.864. The van der Waals surface area contributed by atoms with E-state index in [4.69, 9.17) is 4.74 Å². The van der Waals surface area contributed by atoms with Gasteiger partial charge in [-0.25, -0.2) is 4.68 Å². The van der Waals surface area contributed by atoms with Crippen LogP contribution in [0.2, 0.25) is 0 Å². The van der Waals surface area contributed by atoms with E-state index in [1.165, 1.54) is 0 Å². The molecule has 6 heteroatoms. The summed E-state index contributed by atoms with van der Waals surface area (Å²) >= 11 is 4.49. The van der Waals surface area contributed by atoms with E-state index >= 15 is 0 Å². The van der Waals surface area contributed by atoms with Crippen molar-refractivity contribution in [3.8, 4) is 0 Å². The lowest BCUT2D eigenvalue weighted by Gasteiger charge is -2.35. The van der Waals surface area contributed by atoms with Crippen LogP contribution in [0.4, 0.5) is 5.69 Å². The van der Waals surface area contributed by atoms with Crippen LogP contribution >= 0.6 is 12.6 Å². The molecular weight excluding hydrogens is 286 g/mol. The monoisotopic (exact) mass is 311 g/mol. The first kappa shape index (κ1) is 16.4. The van der Waals surface area contributed by atoms with Crippen LogP contribution in [0.25, 0.3) is 0 Å². The first-order chi connectivity index (χ1) is 10.1. The van der Waals surface area contributed by atoms with Crippen molar-refractivity contribution in [2.45, 2.75) is 32.7 Å². The highest BCUT2D eigenvalue weighted by molar-refractivity contribution is 7.80. The maximum absolute atomic E-state index is 12.3. The number of hydrogen-bond donors (Lipinski definition) is 1. The smallest absolute Gasteiger partial charge is 0.268 e. The Morgan fingerprint density at radius 3 is 2.76 bits per heavy atom. The third-order valence-electron chi connectivity index (χ3n) is 4.23. The summed E-state index contributed by atoms with van der Waals surface area (Å²) < 4.78 is 7.00. The lowest BCUT2D eigenvalue weighted by atomic mass is 9.82. The van der Waals surface area contributed by atoms with Gasteiger partial charge < -0.3 is 9.64 Å². The summed E-state index contributed by atoms with van der Waals surface area (Å²) in [7, 11) is 1.98. The summed E-state index contributed by atoms with van der Waals surface area (Å²) in [6.45, 7) is 5.14. The van der Waals surface area contributed by atoms with E-state index in [1.807, 2.05) is 7.05 Å². The van der Waals surface area contributed by atoms with Crippen molar-refractivity contribution >= 4 is 18.3 Å². The molecule has 118 valence electrons. The molecule has 5 nitrogen and oxygen atoms in total. The Morgan fingerprint density at radius 1 is 1.48 bits per heavy atom. The van der Waals surface area contributed by atoms with Crippen LogP contribution in [-0.4, -0.2) is 42.3 Å². The second kappa shape index (κ2) is 7.31. The van der Waals surface area contributed by atoms with Gasteiger partial charge in [-0.1, -0.05) is 6.92 Å². The zero-order chi connectivity index (χ0) is 15.3. The summed E-state index contributed by atoms with van der Waals surface area (Å²) in [6.07, 6.45) is 4.69. The fourth-order valence-electron chi connectivity index (χ4n) is 2.70. The fraction of sp³-hybridized carbons (Fsp3) is 0.733. The average molecular weight is 311 g/mol. The Kier molecular flexibility index (Phi) is 5.70. The van der Waals surface area contributed by atoms with Crippen molar-refractivity contribution < 1.29 is 4.74 Å². The van der Waals surface area contributed by atoms with E-state index in [0.29, 0.717) is 6.54 Å². The number of anilines is 1. The standard InChI is InChI=1S/C15H25N3O2S/c1-3-6-17(2)13-9-14(19)18(16-10-13)11-15(12-21)4-7-20-8-5-15/h9-10,21H,3-8,11-12H2,1-2H3. The van der Waals surface area contributed by atoms with Gasteiger partial charge in [-0.05, 0) is 25.0 Å². The molecule has 1 fully saturated rings. The molecule has 0 aromatic carbocycles. The minimum absolute atomic E-state index is 0.0228. The van der Waals surface area contributed by atoms with Gasteiger partial charge in [-0.3, -0.25) is 4.79 Å². The molecule has 21 heavy (non-hydrogen) atoms. The van der Waals surface area contributed by atoms with Gasteiger partial charge in [0.15, 0.2) is 0 Å². The number of ether oxygens (including phenoxy) is 1. The quantitative estimate of drug-likeness (QED) is 0.814. The molecule has 2 rings (SSSR count). The predicted octanol–water partition coefficient (Wildman–Crippen LogP) is 1.82. The Labute approximate surface area is 131 Å². The molecule has 1 saturated heterocycles. The van der Waals surface area contributed by atoms with Gasteiger partial charge >= 0.3 is 0 Å². The summed E-state index contributed by atoms with van der Waals surface area (Å²) in [6, 6.07) is 1.67. The zero-order valence-corrected chi connectivity index (χ0v) is 13.8. The van der Waals surface area contributed by atoms with Crippen LogP contribution < -0.4 is 10.5 Å². The van der Waals surface area contributed by atoms with Crippen LogP contribution in [0.5, 0.6) is 0 Å². The molecule has 0 bridgehead atoms.